The van der Waals surface area contributed by atoms with Gasteiger partial charge < -0.3 is 0 Å². The van der Waals surface area contributed by atoms with Crippen molar-refractivity contribution in [3.05, 3.63) is 40.5 Å². The van der Waals surface area contributed by atoms with Crippen LogP contribution in [0.15, 0.2) is 34.9 Å². The molecule has 0 aliphatic rings. The van der Waals surface area contributed by atoms with Crippen LogP contribution in [0.4, 0.5) is 13.2 Å². The van der Waals surface area contributed by atoms with Crippen molar-refractivity contribution < 1.29 is 13.2 Å². The molecule has 0 fully saturated rings. The standard InChI is InChI=1S/C10H5BrF3N/c11-8-4-3-7(10(12,13)14)6-2-1-5-15-9(6)8/h1-5H. The van der Waals surface area contributed by atoms with Crippen molar-refractivity contribution in [2.24, 2.45) is 0 Å². The molecule has 0 unspecified atom stereocenters. The van der Waals surface area contributed by atoms with Crippen molar-refractivity contribution in [3.63, 3.8) is 0 Å². The Kier molecular flexibility index (Phi) is 2.42. The Labute approximate surface area is 92.1 Å². The maximum absolute atomic E-state index is 12.6. The molecule has 0 amide bonds. The molecule has 0 aliphatic heterocycles. The minimum absolute atomic E-state index is 0.111. The summed E-state index contributed by atoms with van der Waals surface area (Å²) in [7, 11) is 0. The van der Waals surface area contributed by atoms with Gasteiger partial charge in [0.1, 0.15) is 0 Å². The number of hydrogen-bond donors (Lipinski definition) is 0. The van der Waals surface area contributed by atoms with E-state index in [2.05, 4.69) is 20.9 Å². The summed E-state index contributed by atoms with van der Waals surface area (Å²) < 4.78 is 38.4. The molecule has 0 saturated heterocycles. The van der Waals surface area contributed by atoms with E-state index in [0.717, 1.165) is 6.07 Å². The molecule has 1 nitrogen and oxygen atoms in total. The Hall–Kier alpha value is -1.10. The van der Waals surface area contributed by atoms with Gasteiger partial charge in [-0.05, 0) is 34.1 Å². The topological polar surface area (TPSA) is 12.9 Å². The van der Waals surface area contributed by atoms with Crippen LogP contribution in [0.3, 0.4) is 0 Å². The van der Waals surface area contributed by atoms with Crippen molar-refractivity contribution in [3.8, 4) is 0 Å². The summed E-state index contributed by atoms with van der Waals surface area (Å²) in [6.07, 6.45) is -2.88. The number of benzene rings is 1. The average molecular weight is 276 g/mol. The van der Waals surface area contributed by atoms with Gasteiger partial charge in [-0.1, -0.05) is 6.07 Å². The van der Waals surface area contributed by atoms with Gasteiger partial charge in [-0.15, -0.1) is 0 Å². The lowest BCUT2D eigenvalue weighted by molar-refractivity contribution is -0.136. The number of rotatable bonds is 0. The molecule has 78 valence electrons. The highest BCUT2D eigenvalue weighted by atomic mass is 79.9. The van der Waals surface area contributed by atoms with E-state index in [1.807, 2.05) is 0 Å². The quantitative estimate of drug-likeness (QED) is 0.708. The molecule has 15 heavy (non-hydrogen) atoms. The summed E-state index contributed by atoms with van der Waals surface area (Å²) in [5.74, 6) is 0. The van der Waals surface area contributed by atoms with Crippen LogP contribution in [-0.2, 0) is 6.18 Å². The number of alkyl halides is 3. The van der Waals surface area contributed by atoms with Gasteiger partial charge in [0.25, 0.3) is 0 Å². The monoisotopic (exact) mass is 275 g/mol. The average Bonchev–Trinajstić information content (AvgIpc) is 2.17. The first-order chi connectivity index (χ1) is 7.00. The molecule has 2 aromatic rings. The van der Waals surface area contributed by atoms with E-state index in [9.17, 15) is 13.2 Å². The normalized spacial score (nSPS) is 12.0. The largest absolute Gasteiger partial charge is 0.417 e. The Bertz CT molecular complexity index is 507. The Morgan fingerprint density at radius 3 is 2.53 bits per heavy atom. The lowest BCUT2D eigenvalue weighted by atomic mass is 10.1. The van der Waals surface area contributed by atoms with Gasteiger partial charge in [-0.3, -0.25) is 4.98 Å². The van der Waals surface area contributed by atoms with Crippen LogP contribution in [0.2, 0.25) is 0 Å². The van der Waals surface area contributed by atoms with Gasteiger partial charge in [-0.25, -0.2) is 0 Å². The lowest BCUT2D eigenvalue weighted by Gasteiger charge is -2.10. The summed E-state index contributed by atoms with van der Waals surface area (Å²) in [5.41, 5.74) is -0.332. The van der Waals surface area contributed by atoms with Gasteiger partial charge in [0.05, 0.1) is 11.1 Å². The summed E-state index contributed by atoms with van der Waals surface area (Å²) in [6, 6.07) is 5.31. The van der Waals surface area contributed by atoms with Crippen LogP contribution in [0.25, 0.3) is 10.9 Å². The number of pyridine rings is 1. The smallest absolute Gasteiger partial charge is 0.255 e. The molecule has 1 aromatic carbocycles. The fraction of sp³-hybridized carbons (Fsp3) is 0.100. The molecule has 0 saturated carbocycles. The zero-order valence-electron chi connectivity index (χ0n) is 7.35. The van der Waals surface area contributed by atoms with E-state index in [-0.39, 0.29) is 5.39 Å². The second-order valence-corrected chi connectivity index (χ2v) is 3.85. The van der Waals surface area contributed by atoms with Crippen molar-refractivity contribution in [2.75, 3.05) is 0 Å². The lowest BCUT2D eigenvalue weighted by Crippen LogP contribution is -2.05. The first kappa shape index (κ1) is 10.4. The third-order valence-corrected chi connectivity index (χ3v) is 2.67. The number of fused-ring (bicyclic) bond motifs is 1. The van der Waals surface area contributed by atoms with E-state index >= 15 is 0 Å². The fourth-order valence-electron chi connectivity index (χ4n) is 1.39. The van der Waals surface area contributed by atoms with Crippen molar-refractivity contribution in [2.45, 2.75) is 6.18 Å². The SMILES string of the molecule is FC(F)(F)c1ccc(Br)c2ncccc12. The van der Waals surface area contributed by atoms with E-state index in [1.54, 1.807) is 0 Å². The van der Waals surface area contributed by atoms with Gasteiger partial charge >= 0.3 is 6.18 Å². The van der Waals surface area contributed by atoms with Gasteiger partial charge in [-0.2, -0.15) is 13.2 Å². The first-order valence-electron chi connectivity index (χ1n) is 4.10. The van der Waals surface area contributed by atoms with Crippen molar-refractivity contribution in [1.29, 1.82) is 0 Å². The Morgan fingerprint density at radius 2 is 1.87 bits per heavy atom. The molecule has 0 aliphatic carbocycles. The summed E-state index contributed by atoms with van der Waals surface area (Å²) in [4.78, 5) is 3.91. The fourth-order valence-corrected chi connectivity index (χ4v) is 1.83. The maximum atomic E-state index is 12.6. The molecule has 5 heteroatoms. The zero-order valence-corrected chi connectivity index (χ0v) is 8.93. The van der Waals surface area contributed by atoms with E-state index in [1.165, 1.54) is 24.4 Å². The summed E-state index contributed by atoms with van der Waals surface area (Å²) >= 11 is 3.17. The predicted octanol–water partition coefficient (Wildman–Crippen LogP) is 4.02. The number of nitrogens with zero attached hydrogens (tertiary/aromatic N) is 1. The molecule has 0 bridgehead atoms. The summed E-state index contributed by atoms with van der Waals surface area (Å²) in [5, 5.41) is 0.111. The van der Waals surface area contributed by atoms with E-state index in [4.69, 9.17) is 0 Å². The first-order valence-corrected chi connectivity index (χ1v) is 4.90. The number of halogens is 4. The van der Waals surface area contributed by atoms with Crippen LogP contribution in [0.5, 0.6) is 0 Å². The second-order valence-electron chi connectivity index (χ2n) is 2.99. The van der Waals surface area contributed by atoms with Crippen molar-refractivity contribution >= 4 is 26.8 Å². The molecule has 1 aromatic heterocycles. The predicted molar refractivity (Wildman–Crippen MR) is 54.4 cm³/mol. The molecule has 1 heterocycles. The van der Waals surface area contributed by atoms with Crippen LogP contribution in [-0.4, -0.2) is 4.98 Å². The highest BCUT2D eigenvalue weighted by Gasteiger charge is 2.32. The highest BCUT2D eigenvalue weighted by molar-refractivity contribution is 9.10. The third-order valence-electron chi connectivity index (χ3n) is 2.03. The summed E-state index contributed by atoms with van der Waals surface area (Å²) in [6.45, 7) is 0. The van der Waals surface area contributed by atoms with Crippen LogP contribution >= 0.6 is 15.9 Å². The second kappa shape index (κ2) is 3.48. The number of aromatic nitrogens is 1. The van der Waals surface area contributed by atoms with Crippen LogP contribution < -0.4 is 0 Å². The molecule has 0 spiro atoms. The van der Waals surface area contributed by atoms with Gasteiger partial charge in [0.15, 0.2) is 0 Å². The van der Waals surface area contributed by atoms with Crippen LogP contribution in [0.1, 0.15) is 5.56 Å². The Morgan fingerprint density at radius 1 is 1.13 bits per heavy atom. The molecule has 2 rings (SSSR count). The maximum Gasteiger partial charge on any atom is 0.417 e. The highest BCUT2D eigenvalue weighted by Crippen LogP contribution is 2.36. The molecular formula is C10H5BrF3N. The zero-order chi connectivity index (χ0) is 11.1. The van der Waals surface area contributed by atoms with E-state index in [0.29, 0.717) is 9.99 Å². The van der Waals surface area contributed by atoms with E-state index < -0.39 is 11.7 Å². The molecule has 0 N–H and O–H groups in total. The minimum atomic E-state index is -4.35. The minimum Gasteiger partial charge on any atom is -0.255 e. The van der Waals surface area contributed by atoms with Crippen molar-refractivity contribution in [1.82, 2.24) is 4.98 Å². The third kappa shape index (κ3) is 1.84. The Balaban J connectivity index is 2.84. The van der Waals surface area contributed by atoms with Gasteiger partial charge in [0, 0.05) is 16.1 Å². The van der Waals surface area contributed by atoms with Gasteiger partial charge in [0.2, 0.25) is 0 Å². The number of hydrogen-bond acceptors (Lipinski definition) is 1. The molecule has 0 radical (unpaired) electrons. The molecular weight excluding hydrogens is 271 g/mol. The van der Waals surface area contributed by atoms with Crippen LogP contribution in [0, 0.1) is 0 Å². The molecule has 0 atom stereocenters.